The predicted octanol–water partition coefficient (Wildman–Crippen LogP) is 2.33. The Hall–Kier alpha value is -3.09. The molecule has 0 saturated heterocycles. The van der Waals surface area contributed by atoms with Crippen LogP contribution in [0.1, 0.15) is 13.8 Å². The molecular formula is C15H13NO6. The van der Waals surface area contributed by atoms with Gasteiger partial charge in [0.05, 0.1) is 11.0 Å². The topological polar surface area (TPSA) is 120 Å². The first-order valence-electron chi connectivity index (χ1n) is 6.24. The fraction of sp³-hybridized carbons (Fsp3) is 0.133. The average molecular weight is 303 g/mol. The molecule has 0 aliphatic carbocycles. The number of carbonyl (C=O) groups excluding carboxylic acids is 1. The van der Waals surface area contributed by atoms with Gasteiger partial charge in [-0.05, 0) is 19.9 Å². The Bertz CT molecular complexity index is 871. The minimum absolute atomic E-state index is 0.00197. The van der Waals surface area contributed by atoms with Crippen molar-refractivity contribution >= 4 is 28.7 Å². The number of aliphatic hydroxyl groups is 1. The molecule has 7 heteroatoms. The second-order valence-electron chi connectivity index (χ2n) is 4.61. The van der Waals surface area contributed by atoms with Crippen LogP contribution in [-0.4, -0.2) is 27.3 Å². The number of ketones is 1. The molecule has 7 nitrogen and oxygen atoms in total. The van der Waals surface area contributed by atoms with E-state index < -0.39 is 11.4 Å². The lowest BCUT2D eigenvalue weighted by molar-refractivity contribution is -0.113. The number of aromatic hydroxyl groups is 2. The second kappa shape index (κ2) is 5.72. The van der Waals surface area contributed by atoms with E-state index in [1.165, 1.54) is 26.0 Å². The van der Waals surface area contributed by atoms with Gasteiger partial charge in [0.2, 0.25) is 0 Å². The summed E-state index contributed by atoms with van der Waals surface area (Å²) in [4.78, 5) is 26.9. The minimum Gasteiger partial charge on any atom is -0.512 e. The molecule has 0 aliphatic heterocycles. The number of hydrogen-bond donors (Lipinski definition) is 3. The summed E-state index contributed by atoms with van der Waals surface area (Å²) in [5.74, 6) is -1.17. The average Bonchev–Trinajstić information content (AvgIpc) is 2.38. The predicted molar refractivity (Wildman–Crippen MR) is 80.0 cm³/mol. The summed E-state index contributed by atoms with van der Waals surface area (Å²) in [6.07, 6.45) is 1.05. The molecular weight excluding hydrogens is 290 g/mol. The molecule has 1 aromatic heterocycles. The van der Waals surface area contributed by atoms with E-state index in [1.54, 1.807) is 0 Å². The van der Waals surface area contributed by atoms with Gasteiger partial charge in [-0.2, -0.15) is 0 Å². The molecule has 22 heavy (non-hydrogen) atoms. The van der Waals surface area contributed by atoms with E-state index in [9.17, 15) is 24.9 Å². The van der Waals surface area contributed by atoms with Crippen molar-refractivity contribution in [3.63, 3.8) is 0 Å². The van der Waals surface area contributed by atoms with Crippen LogP contribution < -0.4 is 5.63 Å². The lowest BCUT2D eigenvalue weighted by Crippen LogP contribution is -2.03. The van der Waals surface area contributed by atoms with Gasteiger partial charge in [-0.3, -0.25) is 4.79 Å². The minimum atomic E-state index is -0.813. The Morgan fingerprint density at radius 2 is 1.91 bits per heavy atom. The number of fused-ring (bicyclic) bond motifs is 1. The number of aliphatic hydroxyl groups excluding tert-OH is 1. The van der Waals surface area contributed by atoms with E-state index in [1.807, 2.05) is 0 Å². The number of benzene rings is 1. The summed E-state index contributed by atoms with van der Waals surface area (Å²) in [5.41, 5.74) is -1.02. The number of phenols is 2. The molecule has 0 aliphatic rings. The van der Waals surface area contributed by atoms with Gasteiger partial charge in [-0.1, -0.05) is 0 Å². The smallest absolute Gasteiger partial charge is 0.362 e. The van der Waals surface area contributed by atoms with E-state index in [2.05, 4.69) is 4.99 Å². The van der Waals surface area contributed by atoms with Gasteiger partial charge < -0.3 is 19.7 Å². The maximum Gasteiger partial charge on any atom is 0.362 e. The van der Waals surface area contributed by atoms with Crippen LogP contribution in [0.4, 0.5) is 5.69 Å². The summed E-state index contributed by atoms with van der Waals surface area (Å²) >= 11 is 0. The SMILES string of the molecule is CC(=O)/C(C=Nc1cc2c(O)cc(O)cc2oc1=O)=C(\C)O. The van der Waals surface area contributed by atoms with Crippen molar-refractivity contribution in [2.45, 2.75) is 13.8 Å². The van der Waals surface area contributed by atoms with Crippen LogP contribution in [-0.2, 0) is 4.79 Å². The molecule has 0 amide bonds. The van der Waals surface area contributed by atoms with Crippen molar-refractivity contribution in [3.8, 4) is 11.5 Å². The van der Waals surface area contributed by atoms with E-state index >= 15 is 0 Å². The molecule has 0 spiro atoms. The zero-order valence-electron chi connectivity index (χ0n) is 11.8. The number of phenolic OH excluding ortho intramolecular Hbond substituents is 2. The van der Waals surface area contributed by atoms with E-state index in [0.29, 0.717) is 0 Å². The fourth-order valence-corrected chi connectivity index (χ4v) is 1.84. The normalized spacial score (nSPS) is 12.6. The summed E-state index contributed by atoms with van der Waals surface area (Å²) < 4.78 is 4.95. The van der Waals surface area contributed by atoms with Gasteiger partial charge in [0.1, 0.15) is 28.5 Å². The van der Waals surface area contributed by atoms with Gasteiger partial charge in [0.15, 0.2) is 5.78 Å². The summed E-state index contributed by atoms with van der Waals surface area (Å²) in [6.45, 7) is 2.57. The maximum absolute atomic E-state index is 11.8. The van der Waals surface area contributed by atoms with E-state index in [0.717, 1.165) is 12.3 Å². The molecule has 0 radical (unpaired) electrons. The zero-order chi connectivity index (χ0) is 16.4. The van der Waals surface area contributed by atoms with Crippen LogP contribution in [0.5, 0.6) is 11.5 Å². The van der Waals surface area contributed by atoms with Crippen molar-refractivity contribution in [1.82, 2.24) is 0 Å². The van der Waals surface area contributed by atoms with Crippen molar-refractivity contribution < 1.29 is 24.5 Å². The number of rotatable bonds is 3. The summed E-state index contributed by atoms with van der Waals surface area (Å²) in [5, 5.41) is 28.6. The van der Waals surface area contributed by atoms with Crippen LogP contribution in [0.2, 0.25) is 0 Å². The third kappa shape index (κ3) is 2.98. The number of allylic oxidation sites excluding steroid dienone is 2. The molecule has 0 saturated carbocycles. The highest BCUT2D eigenvalue weighted by molar-refractivity contribution is 6.13. The van der Waals surface area contributed by atoms with Crippen molar-refractivity contribution in [2.24, 2.45) is 4.99 Å². The third-order valence-corrected chi connectivity index (χ3v) is 2.90. The number of Topliss-reactive ketones (excluding diaryl/α,β-unsaturated/α-hetero) is 1. The zero-order valence-corrected chi connectivity index (χ0v) is 11.8. The lowest BCUT2D eigenvalue weighted by atomic mass is 10.2. The van der Waals surface area contributed by atoms with Gasteiger partial charge in [-0.25, -0.2) is 9.79 Å². The second-order valence-corrected chi connectivity index (χ2v) is 4.61. The first kappa shape index (κ1) is 15.3. The van der Waals surface area contributed by atoms with Crippen molar-refractivity contribution in [1.29, 1.82) is 0 Å². The van der Waals surface area contributed by atoms with Gasteiger partial charge >= 0.3 is 5.63 Å². The van der Waals surface area contributed by atoms with Crippen LogP contribution in [0, 0.1) is 0 Å². The number of hydrogen-bond acceptors (Lipinski definition) is 7. The van der Waals surface area contributed by atoms with Crippen LogP contribution in [0.3, 0.4) is 0 Å². The molecule has 0 atom stereocenters. The molecule has 0 fully saturated rings. The molecule has 2 aromatic rings. The van der Waals surface area contributed by atoms with Crippen LogP contribution >= 0.6 is 0 Å². The highest BCUT2D eigenvalue weighted by Crippen LogP contribution is 2.30. The van der Waals surface area contributed by atoms with E-state index in [4.69, 9.17) is 4.42 Å². The summed E-state index contributed by atoms with van der Waals surface area (Å²) in [6, 6.07) is 3.54. The molecule has 1 aromatic carbocycles. The van der Waals surface area contributed by atoms with Crippen LogP contribution in [0.15, 0.2) is 43.7 Å². The standard InChI is InChI=1S/C15H13NO6/c1-7(17)11(8(2)18)6-16-12-5-10-13(20)3-9(19)4-14(10)22-15(12)21/h3-6,17,19-20H,1-2H3/b11-7+,16-6?. The Morgan fingerprint density at radius 3 is 2.50 bits per heavy atom. The number of nitrogens with zero attached hydrogens (tertiary/aromatic N) is 1. The molecule has 1 heterocycles. The highest BCUT2D eigenvalue weighted by Gasteiger charge is 2.10. The Balaban J connectivity index is 2.58. The van der Waals surface area contributed by atoms with E-state index in [-0.39, 0.29) is 39.5 Å². The molecule has 0 bridgehead atoms. The third-order valence-electron chi connectivity index (χ3n) is 2.90. The summed E-state index contributed by atoms with van der Waals surface area (Å²) in [7, 11) is 0. The van der Waals surface area contributed by atoms with Crippen molar-refractivity contribution in [3.05, 3.63) is 40.0 Å². The monoisotopic (exact) mass is 303 g/mol. The largest absolute Gasteiger partial charge is 0.512 e. The Labute approximate surface area is 124 Å². The quantitative estimate of drug-likeness (QED) is 0.346. The number of aliphatic imine (C=N–C) groups is 1. The first-order chi connectivity index (χ1) is 10.3. The first-order valence-corrected chi connectivity index (χ1v) is 6.24. The maximum atomic E-state index is 11.8. The van der Waals surface area contributed by atoms with Crippen LogP contribution in [0.25, 0.3) is 11.0 Å². The fourth-order valence-electron chi connectivity index (χ4n) is 1.84. The number of carbonyl (C=O) groups is 1. The lowest BCUT2D eigenvalue weighted by Gasteiger charge is -2.02. The van der Waals surface area contributed by atoms with Crippen molar-refractivity contribution in [2.75, 3.05) is 0 Å². The molecule has 114 valence electrons. The van der Waals surface area contributed by atoms with Gasteiger partial charge in [0, 0.05) is 18.3 Å². The van der Waals surface area contributed by atoms with Gasteiger partial charge in [0.25, 0.3) is 0 Å². The molecule has 3 N–H and O–H groups in total. The van der Waals surface area contributed by atoms with Gasteiger partial charge in [-0.15, -0.1) is 0 Å². The molecule has 0 unspecified atom stereocenters. The Morgan fingerprint density at radius 1 is 1.23 bits per heavy atom. The molecule has 2 rings (SSSR count). The Kier molecular flexibility index (Phi) is 3.98. The highest BCUT2D eigenvalue weighted by atomic mass is 16.4.